The smallest absolute Gasteiger partial charge is 0.137 e. The second kappa shape index (κ2) is 8.29. The van der Waals surface area contributed by atoms with E-state index >= 15 is 0 Å². The van der Waals surface area contributed by atoms with Crippen LogP contribution >= 0.6 is 0 Å². The van der Waals surface area contributed by atoms with Crippen LogP contribution in [0.15, 0.2) is 49.1 Å². The van der Waals surface area contributed by atoms with Crippen LogP contribution in [-0.2, 0) is 0 Å². The van der Waals surface area contributed by atoms with Crippen LogP contribution < -0.4 is 0 Å². The van der Waals surface area contributed by atoms with Crippen LogP contribution in [0.4, 0.5) is 0 Å². The van der Waals surface area contributed by atoms with Crippen LogP contribution in [0.2, 0.25) is 0 Å². The molecule has 4 rings (SSSR count). The summed E-state index contributed by atoms with van der Waals surface area (Å²) in [6, 6.07) is 8.28. The number of aryl methyl sites for hydroxylation is 1. The fraction of sp³-hybridized carbons (Fsp3) is 0.300. The van der Waals surface area contributed by atoms with Gasteiger partial charge in [-0.25, -0.2) is 9.97 Å². The molecule has 4 aromatic heterocycles. The van der Waals surface area contributed by atoms with E-state index in [4.69, 9.17) is 0 Å². The Hall–Kier alpha value is -2.62. The topological polar surface area (TPSA) is 57.4 Å². The number of pyridine rings is 2. The number of nitrogens with zero attached hydrogens (tertiary/aromatic N) is 2. The number of hydrogen-bond donors (Lipinski definition) is 2. The fourth-order valence-corrected chi connectivity index (χ4v) is 2.37. The molecule has 4 heteroatoms. The summed E-state index contributed by atoms with van der Waals surface area (Å²) in [6.07, 6.45) is 7.57. The predicted octanol–water partition coefficient (Wildman–Crippen LogP) is 5.58. The number of aromatic nitrogens is 4. The lowest BCUT2D eigenvalue weighted by atomic mass is 10.1. The van der Waals surface area contributed by atoms with Gasteiger partial charge in [0, 0.05) is 35.6 Å². The van der Waals surface area contributed by atoms with Crippen LogP contribution in [-0.4, -0.2) is 19.9 Å². The number of aromatic amines is 2. The zero-order valence-electron chi connectivity index (χ0n) is 15.1. The van der Waals surface area contributed by atoms with Crippen molar-refractivity contribution < 1.29 is 0 Å². The van der Waals surface area contributed by atoms with Crippen molar-refractivity contribution in [2.75, 3.05) is 0 Å². The third-order valence-corrected chi connectivity index (χ3v) is 3.77. The maximum Gasteiger partial charge on any atom is 0.137 e. The first-order valence-electron chi connectivity index (χ1n) is 8.47. The Morgan fingerprint density at radius 1 is 0.917 bits per heavy atom. The van der Waals surface area contributed by atoms with Gasteiger partial charge in [0.2, 0.25) is 0 Å². The highest BCUT2D eigenvalue weighted by Gasteiger charge is 2.01. The predicted molar refractivity (Wildman–Crippen MR) is 102 cm³/mol. The Bertz CT molecular complexity index is 887. The van der Waals surface area contributed by atoms with Crippen molar-refractivity contribution in [3.8, 4) is 0 Å². The Labute approximate surface area is 143 Å². The van der Waals surface area contributed by atoms with Crippen LogP contribution in [0.1, 0.15) is 44.7 Å². The molecule has 4 aromatic rings. The molecule has 0 amide bonds. The zero-order chi connectivity index (χ0) is 17.5. The summed E-state index contributed by atoms with van der Waals surface area (Å²) in [6.45, 7) is 10.4. The van der Waals surface area contributed by atoms with Crippen molar-refractivity contribution >= 4 is 22.1 Å². The molecule has 0 saturated heterocycles. The quantitative estimate of drug-likeness (QED) is 0.480. The molecule has 2 N–H and O–H groups in total. The second-order valence-corrected chi connectivity index (χ2v) is 5.71. The third kappa shape index (κ3) is 4.02. The van der Waals surface area contributed by atoms with Gasteiger partial charge >= 0.3 is 0 Å². The Kier molecular flexibility index (Phi) is 6.13. The molecule has 0 saturated carbocycles. The van der Waals surface area contributed by atoms with Gasteiger partial charge in [-0.05, 0) is 48.2 Å². The fourth-order valence-electron chi connectivity index (χ4n) is 2.37. The van der Waals surface area contributed by atoms with E-state index in [-0.39, 0.29) is 0 Å². The average Bonchev–Trinajstić information content (AvgIpc) is 3.26. The first-order valence-corrected chi connectivity index (χ1v) is 8.47. The molecular formula is C20H26N4. The minimum atomic E-state index is 0.553. The largest absolute Gasteiger partial charge is 0.346 e. The van der Waals surface area contributed by atoms with E-state index in [1.54, 1.807) is 0 Å². The van der Waals surface area contributed by atoms with E-state index in [0.29, 0.717) is 5.92 Å². The number of H-pyrrole nitrogens is 2. The average molecular weight is 322 g/mol. The van der Waals surface area contributed by atoms with Crippen molar-refractivity contribution in [1.82, 2.24) is 19.9 Å². The summed E-state index contributed by atoms with van der Waals surface area (Å²) in [5, 5.41) is 2.41. The summed E-state index contributed by atoms with van der Waals surface area (Å²) in [5.74, 6) is 0.553. The minimum Gasteiger partial charge on any atom is -0.346 e. The van der Waals surface area contributed by atoms with Crippen LogP contribution in [0, 0.1) is 6.92 Å². The SMILES string of the molecule is CC.CC(C)c1cnc2[nH]ccc2c1.Cc1ccnc2[nH]ccc12. The van der Waals surface area contributed by atoms with Crippen molar-refractivity contribution in [3.63, 3.8) is 0 Å². The molecular weight excluding hydrogens is 296 g/mol. The van der Waals surface area contributed by atoms with Gasteiger partial charge in [0.25, 0.3) is 0 Å². The van der Waals surface area contributed by atoms with Gasteiger partial charge in [0.1, 0.15) is 11.3 Å². The molecule has 0 aliphatic heterocycles. The van der Waals surface area contributed by atoms with E-state index in [9.17, 15) is 0 Å². The normalized spacial score (nSPS) is 10.2. The summed E-state index contributed by atoms with van der Waals surface area (Å²) in [5.41, 5.74) is 4.51. The highest BCUT2D eigenvalue weighted by molar-refractivity contribution is 5.78. The van der Waals surface area contributed by atoms with E-state index in [1.807, 2.05) is 56.8 Å². The standard InChI is InChI=1S/C10H12N2.C8H8N2.C2H6/c1-7(2)9-5-8-3-4-11-10(8)12-6-9;1-6-2-4-9-8-7(6)3-5-10-8;1-2/h3-7H,1-2H3,(H,11,12);2-5H,1H3,(H,9,10);1-2H3. The number of hydrogen-bond acceptors (Lipinski definition) is 2. The van der Waals surface area contributed by atoms with Gasteiger partial charge in [0.05, 0.1) is 0 Å². The van der Waals surface area contributed by atoms with Crippen molar-refractivity contribution in [2.45, 2.75) is 40.5 Å². The molecule has 4 heterocycles. The second-order valence-electron chi connectivity index (χ2n) is 5.71. The van der Waals surface area contributed by atoms with Gasteiger partial charge in [-0.2, -0.15) is 0 Å². The molecule has 0 aromatic carbocycles. The number of nitrogens with one attached hydrogen (secondary N) is 2. The van der Waals surface area contributed by atoms with E-state index < -0.39 is 0 Å². The molecule has 0 aliphatic carbocycles. The molecule has 0 radical (unpaired) electrons. The monoisotopic (exact) mass is 322 g/mol. The van der Waals surface area contributed by atoms with E-state index in [2.05, 4.69) is 46.8 Å². The minimum absolute atomic E-state index is 0.553. The van der Waals surface area contributed by atoms with Crippen LogP contribution in [0.5, 0.6) is 0 Å². The first kappa shape index (κ1) is 17.7. The first-order chi connectivity index (χ1) is 11.6. The lowest BCUT2D eigenvalue weighted by Gasteiger charge is -2.03. The van der Waals surface area contributed by atoms with Gasteiger partial charge in [-0.15, -0.1) is 0 Å². The van der Waals surface area contributed by atoms with Gasteiger partial charge in [0.15, 0.2) is 0 Å². The van der Waals surface area contributed by atoms with Crippen molar-refractivity contribution in [2.24, 2.45) is 0 Å². The van der Waals surface area contributed by atoms with E-state index in [1.165, 1.54) is 21.9 Å². The maximum atomic E-state index is 4.31. The summed E-state index contributed by atoms with van der Waals surface area (Å²) in [4.78, 5) is 14.6. The molecule has 0 aliphatic rings. The van der Waals surface area contributed by atoms with Gasteiger partial charge < -0.3 is 9.97 Å². The Morgan fingerprint density at radius 3 is 2.33 bits per heavy atom. The summed E-state index contributed by atoms with van der Waals surface area (Å²) in [7, 11) is 0. The molecule has 0 atom stereocenters. The molecule has 0 spiro atoms. The summed E-state index contributed by atoms with van der Waals surface area (Å²) < 4.78 is 0. The molecule has 4 nitrogen and oxygen atoms in total. The Morgan fingerprint density at radius 2 is 1.62 bits per heavy atom. The lowest BCUT2D eigenvalue weighted by Crippen LogP contribution is -1.88. The highest BCUT2D eigenvalue weighted by Crippen LogP contribution is 2.17. The molecule has 0 fully saturated rings. The van der Waals surface area contributed by atoms with Crippen molar-refractivity contribution in [1.29, 1.82) is 0 Å². The zero-order valence-corrected chi connectivity index (χ0v) is 15.1. The van der Waals surface area contributed by atoms with Crippen LogP contribution in [0.25, 0.3) is 22.1 Å². The van der Waals surface area contributed by atoms with Crippen LogP contribution in [0.3, 0.4) is 0 Å². The van der Waals surface area contributed by atoms with Crippen molar-refractivity contribution in [3.05, 3.63) is 60.2 Å². The number of rotatable bonds is 1. The summed E-state index contributed by atoms with van der Waals surface area (Å²) >= 11 is 0. The lowest BCUT2D eigenvalue weighted by molar-refractivity contribution is 0.862. The van der Waals surface area contributed by atoms with Gasteiger partial charge in [-0.1, -0.05) is 27.7 Å². The van der Waals surface area contributed by atoms with E-state index in [0.717, 1.165) is 11.3 Å². The molecule has 0 bridgehead atoms. The molecule has 0 unspecified atom stereocenters. The molecule has 126 valence electrons. The van der Waals surface area contributed by atoms with Gasteiger partial charge in [-0.3, -0.25) is 0 Å². The number of fused-ring (bicyclic) bond motifs is 2. The molecule has 24 heavy (non-hydrogen) atoms. The third-order valence-electron chi connectivity index (χ3n) is 3.77. The maximum absolute atomic E-state index is 4.31. The highest BCUT2D eigenvalue weighted by atomic mass is 14.8. The Balaban J connectivity index is 0.000000160.